The van der Waals surface area contributed by atoms with Gasteiger partial charge in [-0.2, -0.15) is 0 Å². The number of aliphatic hydroxyl groups excluding tert-OH is 1. The fourth-order valence-electron chi connectivity index (χ4n) is 3.28. The summed E-state index contributed by atoms with van der Waals surface area (Å²) < 4.78 is 2.11. The SMILES string of the molecule is CC(CCc1cccn1C)NC(=O)NC1CCCC1(C)CO. The van der Waals surface area contributed by atoms with Gasteiger partial charge in [-0.15, -0.1) is 0 Å². The van der Waals surface area contributed by atoms with E-state index in [1.54, 1.807) is 0 Å². The number of aromatic nitrogens is 1. The number of urea groups is 1. The maximum atomic E-state index is 12.1. The number of nitrogens with one attached hydrogen (secondary N) is 2. The fraction of sp³-hybridized carbons (Fsp3) is 0.706. The second-order valence-electron chi connectivity index (χ2n) is 6.92. The molecule has 3 N–H and O–H groups in total. The molecule has 1 heterocycles. The standard InChI is InChI=1S/C17H29N3O2/c1-13(8-9-14-6-5-11-20(14)3)18-16(22)19-15-7-4-10-17(15,2)12-21/h5-6,11,13,15,21H,4,7-10,12H2,1-3H3,(H2,18,19,22). The van der Waals surface area contributed by atoms with Crippen LogP contribution in [0.1, 0.15) is 45.2 Å². The molecular weight excluding hydrogens is 278 g/mol. The predicted molar refractivity (Wildman–Crippen MR) is 87.7 cm³/mol. The summed E-state index contributed by atoms with van der Waals surface area (Å²) in [7, 11) is 2.04. The van der Waals surface area contributed by atoms with E-state index in [0.29, 0.717) is 0 Å². The van der Waals surface area contributed by atoms with Crippen LogP contribution >= 0.6 is 0 Å². The zero-order valence-corrected chi connectivity index (χ0v) is 13.9. The van der Waals surface area contributed by atoms with E-state index in [4.69, 9.17) is 0 Å². The van der Waals surface area contributed by atoms with Crippen molar-refractivity contribution >= 4 is 6.03 Å². The number of carbonyl (C=O) groups excluding carboxylic acids is 1. The molecule has 3 unspecified atom stereocenters. The van der Waals surface area contributed by atoms with Gasteiger partial charge in [0, 0.05) is 36.4 Å². The molecule has 0 aliphatic heterocycles. The molecule has 124 valence electrons. The molecule has 0 radical (unpaired) electrons. The molecule has 1 aromatic heterocycles. The Kier molecular flexibility index (Phi) is 5.51. The molecule has 1 aromatic rings. The van der Waals surface area contributed by atoms with Gasteiger partial charge in [-0.3, -0.25) is 0 Å². The Morgan fingerprint density at radius 1 is 1.59 bits per heavy atom. The second kappa shape index (κ2) is 7.18. The number of rotatable bonds is 6. The third-order valence-electron chi connectivity index (χ3n) is 5.01. The van der Waals surface area contributed by atoms with Crippen molar-refractivity contribution in [2.75, 3.05) is 6.61 Å². The highest BCUT2D eigenvalue weighted by molar-refractivity contribution is 5.74. The third-order valence-corrected chi connectivity index (χ3v) is 5.01. The lowest BCUT2D eigenvalue weighted by Crippen LogP contribution is -2.50. The van der Waals surface area contributed by atoms with E-state index in [-0.39, 0.29) is 30.1 Å². The minimum absolute atomic E-state index is 0.0672. The van der Waals surface area contributed by atoms with Crippen LogP contribution in [0, 0.1) is 5.41 Å². The number of aliphatic hydroxyl groups is 1. The van der Waals surface area contributed by atoms with Crippen LogP contribution in [0.25, 0.3) is 0 Å². The number of nitrogens with zero attached hydrogens (tertiary/aromatic N) is 1. The van der Waals surface area contributed by atoms with E-state index in [2.05, 4.69) is 21.3 Å². The molecular formula is C17H29N3O2. The average Bonchev–Trinajstić information content (AvgIpc) is 3.04. The Bertz CT molecular complexity index is 500. The largest absolute Gasteiger partial charge is 0.396 e. The Labute approximate surface area is 133 Å². The Hall–Kier alpha value is -1.49. The minimum atomic E-state index is -0.177. The second-order valence-corrected chi connectivity index (χ2v) is 6.92. The molecule has 5 nitrogen and oxygen atoms in total. The number of carbonyl (C=O) groups is 1. The molecule has 1 aliphatic rings. The van der Waals surface area contributed by atoms with Gasteiger partial charge in [0.2, 0.25) is 0 Å². The summed E-state index contributed by atoms with van der Waals surface area (Å²) in [6.45, 7) is 4.20. The molecule has 0 spiro atoms. The van der Waals surface area contributed by atoms with E-state index in [1.165, 1.54) is 5.69 Å². The van der Waals surface area contributed by atoms with E-state index in [0.717, 1.165) is 32.1 Å². The quantitative estimate of drug-likeness (QED) is 0.754. The molecule has 2 rings (SSSR count). The number of hydrogen-bond donors (Lipinski definition) is 3. The van der Waals surface area contributed by atoms with Crippen molar-refractivity contribution in [2.24, 2.45) is 12.5 Å². The van der Waals surface area contributed by atoms with E-state index >= 15 is 0 Å². The number of aryl methyl sites for hydroxylation is 2. The Balaban J connectivity index is 1.75. The van der Waals surface area contributed by atoms with Crippen LogP contribution in [-0.4, -0.2) is 34.4 Å². The molecule has 0 saturated heterocycles. The van der Waals surface area contributed by atoms with Crippen LogP contribution < -0.4 is 10.6 Å². The first-order valence-corrected chi connectivity index (χ1v) is 8.23. The highest BCUT2D eigenvalue weighted by atomic mass is 16.3. The Morgan fingerprint density at radius 3 is 3.00 bits per heavy atom. The smallest absolute Gasteiger partial charge is 0.315 e. The summed E-state index contributed by atoms with van der Waals surface area (Å²) in [6.07, 6.45) is 6.87. The van der Waals surface area contributed by atoms with Crippen molar-refractivity contribution in [3.05, 3.63) is 24.0 Å². The maximum absolute atomic E-state index is 12.1. The summed E-state index contributed by atoms with van der Waals surface area (Å²) in [5, 5.41) is 15.6. The minimum Gasteiger partial charge on any atom is -0.396 e. The van der Waals surface area contributed by atoms with Crippen molar-refractivity contribution in [1.29, 1.82) is 0 Å². The van der Waals surface area contributed by atoms with E-state index in [1.807, 2.05) is 33.2 Å². The van der Waals surface area contributed by atoms with Gasteiger partial charge in [-0.05, 0) is 44.7 Å². The van der Waals surface area contributed by atoms with Crippen molar-refractivity contribution in [3.63, 3.8) is 0 Å². The summed E-state index contributed by atoms with van der Waals surface area (Å²) in [5.41, 5.74) is 1.10. The number of hydrogen-bond acceptors (Lipinski definition) is 2. The van der Waals surface area contributed by atoms with E-state index < -0.39 is 0 Å². The molecule has 5 heteroatoms. The highest BCUT2D eigenvalue weighted by Crippen LogP contribution is 2.37. The molecule has 1 aliphatic carbocycles. The van der Waals surface area contributed by atoms with Crippen LogP contribution in [0.3, 0.4) is 0 Å². The zero-order chi connectivity index (χ0) is 16.2. The fourth-order valence-corrected chi connectivity index (χ4v) is 3.28. The maximum Gasteiger partial charge on any atom is 0.315 e. The van der Waals surface area contributed by atoms with Gasteiger partial charge in [0.15, 0.2) is 0 Å². The first-order valence-electron chi connectivity index (χ1n) is 8.23. The van der Waals surface area contributed by atoms with Crippen LogP contribution in [0.2, 0.25) is 0 Å². The van der Waals surface area contributed by atoms with Gasteiger partial charge in [0.1, 0.15) is 0 Å². The molecule has 2 amide bonds. The van der Waals surface area contributed by atoms with Crippen LogP contribution in [0.15, 0.2) is 18.3 Å². The summed E-state index contributed by atoms with van der Waals surface area (Å²) >= 11 is 0. The molecule has 22 heavy (non-hydrogen) atoms. The van der Waals surface area contributed by atoms with E-state index in [9.17, 15) is 9.90 Å². The zero-order valence-electron chi connectivity index (χ0n) is 13.9. The number of amides is 2. The van der Waals surface area contributed by atoms with Crippen molar-refractivity contribution in [2.45, 2.75) is 58.0 Å². The highest BCUT2D eigenvalue weighted by Gasteiger charge is 2.39. The third kappa shape index (κ3) is 4.03. The van der Waals surface area contributed by atoms with Gasteiger partial charge in [0.25, 0.3) is 0 Å². The molecule has 1 saturated carbocycles. The summed E-state index contributed by atoms with van der Waals surface area (Å²) in [6, 6.07) is 4.22. The van der Waals surface area contributed by atoms with Gasteiger partial charge in [-0.25, -0.2) is 4.79 Å². The predicted octanol–water partition coefficient (Wildman–Crippen LogP) is 2.20. The van der Waals surface area contributed by atoms with Gasteiger partial charge < -0.3 is 20.3 Å². The lowest BCUT2D eigenvalue weighted by molar-refractivity contribution is 0.120. The first kappa shape index (κ1) is 16.9. The topological polar surface area (TPSA) is 66.3 Å². The summed E-state index contributed by atoms with van der Waals surface area (Å²) in [4.78, 5) is 12.1. The molecule has 1 fully saturated rings. The molecule has 3 atom stereocenters. The van der Waals surface area contributed by atoms with Gasteiger partial charge in [-0.1, -0.05) is 13.3 Å². The lowest BCUT2D eigenvalue weighted by Gasteiger charge is -2.30. The van der Waals surface area contributed by atoms with Crippen LogP contribution in [0.4, 0.5) is 4.79 Å². The lowest BCUT2D eigenvalue weighted by atomic mass is 9.86. The monoisotopic (exact) mass is 307 g/mol. The molecule has 0 bridgehead atoms. The van der Waals surface area contributed by atoms with Gasteiger partial charge in [0.05, 0.1) is 6.61 Å². The van der Waals surface area contributed by atoms with Crippen molar-refractivity contribution in [3.8, 4) is 0 Å². The average molecular weight is 307 g/mol. The first-order chi connectivity index (χ1) is 10.4. The van der Waals surface area contributed by atoms with Crippen molar-refractivity contribution in [1.82, 2.24) is 15.2 Å². The molecule has 0 aromatic carbocycles. The Morgan fingerprint density at radius 2 is 2.36 bits per heavy atom. The van der Waals surface area contributed by atoms with Crippen LogP contribution in [-0.2, 0) is 13.5 Å². The summed E-state index contributed by atoms with van der Waals surface area (Å²) in [5.74, 6) is 0. The normalized spacial score (nSPS) is 25.9. The van der Waals surface area contributed by atoms with Crippen LogP contribution in [0.5, 0.6) is 0 Å². The van der Waals surface area contributed by atoms with Crippen molar-refractivity contribution < 1.29 is 9.90 Å². The van der Waals surface area contributed by atoms with Gasteiger partial charge >= 0.3 is 6.03 Å².